The fraction of sp³-hybridized carbons (Fsp3) is 0.292. The Labute approximate surface area is 228 Å². The van der Waals surface area contributed by atoms with Crippen LogP contribution < -0.4 is 30.9 Å². The Kier molecular flexibility index (Phi) is 12.6. The summed E-state index contributed by atoms with van der Waals surface area (Å²) in [5.74, 6) is -3.43. The zero-order valence-electron chi connectivity index (χ0n) is 20.3. The van der Waals surface area contributed by atoms with Gasteiger partial charge in [-0.2, -0.15) is 0 Å². The van der Waals surface area contributed by atoms with Crippen LogP contribution in [0.4, 0.5) is 5.69 Å². The van der Waals surface area contributed by atoms with Crippen molar-refractivity contribution < 1.29 is 38.9 Å². The summed E-state index contributed by atoms with van der Waals surface area (Å²) in [6, 6.07) is 11.6. The van der Waals surface area contributed by atoms with Gasteiger partial charge < -0.3 is 0 Å². The van der Waals surface area contributed by atoms with Crippen molar-refractivity contribution in [1.82, 2.24) is 10.6 Å². The van der Waals surface area contributed by atoms with E-state index in [-0.39, 0.29) is 38.3 Å². The number of carboxylic acid groups (broad SMARTS) is 2. The minimum absolute atomic E-state index is 0.0913. The quantitative estimate of drug-likeness (QED) is 0.147. The monoisotopic (exact) mass is 612 g/mol. The van der Waals surface area contributed by atoms with Crippen molar-refractivity contribution in [2.45, 2.75) is 24.9 Å². The molecule has 0 bridgehead atoms. The number of rotatable bonds is 15. The van der Waals surface area contributed by atoms with Crippen molar-refractivity contribution in [3.05, 3.63) is 54.1 Å². The number of amides is 3. The number of methoxy groups -OCH3 is 1. The summed E-state index contributed by atoms with van der Waals surface area (Å²) in [5, 5.41) is 25.3. The number of aliphatic carboxylic acids is 2. The maximum atomic E-state index is 12.9. The first kappa shape index (κ1) is 30.6. The molecule has 0 heterocycles. The Bertz CT molecular complexity index is 1170. The van der Waals surface area contributed by atoms with Crippen LogP contribution in [0.3, 0.4) is 0 Å². The first-order valence-electron chi connectivity index (χ1n) is 11.2. The van der Waals surface area contributed by atoms with Gasteiger partial charge in [0.25, 0.3) is 0 Å². The SMILES string of the molecule is COc1cccc(NC(=O)c2ccccc2[Se]SC[C@@H](NC(=O)CC[C@@H](N)C(=O)O)C(=O)NCC(=O)O)c1. The summed E-state index contributed by atoms with van der Waals surface area (Å²) in [5.41, 5.74) is 6.42. The molecule has 0 saturated heterocycles. The zero-order chi connectivity index (χ0) is 28.1. The molecule has 3 amide bonds. The van der Waals surface area contributed by atoms with Crippen molar-refractivity contribution in [2.75, 3.05) is 24.7 Å². The number of anilines is 1. The van der Waals surface area contributed by atoms with Gasteiger partial charge >= 0.3 is 229 Å². The van der Waals surface area contributed by atoms with Gasteiger partial charge in [-0.3, -0.25) is 0 Å². The fourth-order valence-corrected chi connectivity index (χ4v) is 7.15. The van der Waals surface area contributed by atoms with E-state index in [4.69, 9.17) is 20.7 Å². The van der Waals surface area contributed by atoms with Gasteiger partial charge in [0.05, 0.1) is 0 Å². The van der Waals surface area contributed by atoms with E-state index in [0.29, 0.717) is 17.0 Å². The Morgan fingerprint density at radius 1 is 1.08 bits per heavy atom. The molecule has 0 aromatic heterocycles. The van der Waals surface area contributed by atoms with E-state index in [0.717, 1.165) is 4.46 Å². The molecular weight excluding hydrogens is 583 g/mol. The van der Waals surface area contributed by atoms with Crippen LogP contribution in [-0.4, -0.2) is 85.2 Å². The summed E-state index contributed by atoms with van der Waals surface area (Å²) >= 11 is -0.357. The minimum atomic E-state index is -1.25. The van der Waals surface area contributed by atoms with Crippen LogP contribution in [0.25, 0.3) is 0 Å². The van der Waals surface area contributed by atoms with Crippen LogP contribution in [0.1, 0.15) is 23.2 Å². The fourth-order valence-electron chi connectivity index (χ4n) is 2.94. The summed E-state index contributed by atoms with van der Waals surface area (Å²) < 4.78 is 5.92. The number of hydrogen-bond acceptors (Lipinski definition) is 8. The first-order chi connectivity index (χ1) is 18.1. The molecule has 2 atom stereocenters. The summed E-state index contributed by atoms with van der Waals surface area (Å²) in [6.07, 6.45) is -0.350. The van der Waals surface area contributed by atoms with Crippen molar-refractivity contribution in [3.8, 4) is 5.75 Å². The second-order valence-corrected chi connectivity index (χ2v) is 12.0. The third kappa shape index (κ3) is 10.4. The van der Waals surface area contributed by atoms with E-state index in [9.17, 15) is 24.0 Å². The predicted octanol–water partition coefficient (Wildman–Crippen LogP) is -0.197. The summed E-state index contributed by atoms with van der Waals surface area (Å²) in [4.78, 5) is 59.4. The molecule has 0 saturated carbocycles. The van der Waals surface area contributed by atoms with Crippen molar-refractivity contribution in [3.63, 3.8) is 0 Å². The van der Waals surface area contributed by atoms with E-state index < -0.39 is 42.4 Å². The van der Waals surface area contributed by atoms with Gasteiger partial charge in [-0.05, 0) is 0 Å². The molecule has 2 rings (SSSR count). The molecule has 12 nitrogen and oxygen atoms in total. The predicted molar refractivity (Wildman–Crippen MR) is 143 cm³/mol. The molecule has 0 fully saturated rings. The van der Waals surface area contributed by atoms with Crippen molar-refractivity contribution in [1.29, 1.82) is 0 Å². The molecule has 0 unspecified atom stereocenters. The average molecular weight is 612 g/mol. The normalized spacial score (nSPS) is 12.1. The standard InChI is InChI=1S/C24H28N4O8SSe/c1-36-15-6-4-5-14(11-15)27-22(32)16-7-2-3-8-19(16)38-37-13-18(23(33)26-12-21(30)31)28-20(29)10-9-17(25)24(34)35/h2-8,11,17-18H,9-10,12-13,25H2,1H3,(H,26,33)(H,27,32)(H,28,29)(H,30,31)(H,34,35)/t17-,18-/m1/s1. The molecule has 14 heteroatoms. The van der Waals surface area contributed by atoms with Gasteiger partial charge in [-0.25, -0.2) is 0 Å². The number of carboxylic acids is 2. The van der Waals surface area contributed by atoms with Crippen LogP contribution in [0.15, 0.2) is 48.5 Å². The number of benzene rings is 2. The zero-order valence-corrected chi connectivity index (χ0v) is 22.9. The molecule has 0 aliphatic carbocycles. The third-order valence-corrected chi connectivity index (χ3v) is 9.15. The molecule has 0 radical (unpaired) electrons. The Balaban J connectivity index is 2.04. The molecular formula is C24H28N4O8SSe. The maximum absolute atomic E-state index is 12.9. The Morgan fingerprint density at radius 3 is 2.50 bits per heavy atom. The van der Waals surface area contributed by atoms with Gasteiger partial charge in [0.2, 0.25) is 0 Å². The van der Waals surface area contributed by atoms with Gasteiger partial charge in [0.15, 0.2) is 0 Å². The van der Waals surface area contributed by atoms with E-state index in [1.54, 1.807) is 48.5 Å². The summed E-state index contributed by atoms with van der Waals surface area (Å²) in [6.45, 7) is -0.627. The van der Waals surface area contributed by atoms with E-state index in [1.165, 1.54) is 17.3 Å². The number of hydrogen-bond donors (Lipinski definition) is 6. The number of ether oxygens (including phenoxy) is 1. The number of nitrogens with two attached hydrogens (primary N) is 1. The van der Waals surface area contributed by atoms with Crippen molar-refractivity contribution >= 4 is 63.8 Å². The third-order valence-electron chi connectivity index (χ3n) is 4.91. The topological polar surface area (TPSA) is 197 Å². The molecule has 204 valence electrons. The van der Waals surface area contributed by atoms with E-state index in [1.807, 2.05) is 0 Å². The van der Waals surface area contributed by atoms with E-state index in [2.05, 4.69) is 16.0 Å². The molecule has 38 heavy (non-hydrogen) atoms. The molecule has 0 aliphatic heterocycles. The Hall–Kier alpha value is -3.58. The summed E-state index contributed by atoms with van der Waals surface area (Å²) in [7, 11) is 2.84. The number of carbonyl (C=O) groups excluding carboxylic acids is 3. The van der Waals surface area contributed by atoms with Gasteiger partial charge in [-0.15, -0.1) is 0 Å². The van der Waals surface area contributed by atoms with Crippen LogP contribution in [0.2, 0.25) is 0 Å². The molecule has 2 aromatic rings. The second-order valence-electron chi connectivity index (χ2n) is 7.77. The van der Waals surface area contributed by atoms with Crippen molar-refractivity contribution in [2.24, 2.45) is 5.73 Å². The molecule has 7 N–H and O–H groups in total. The first-order valence-corrected chi connectivity index (χ1v) is 15.1. The number of nitrogens with one attached hydrogen (secondary N) is 3. The van der Waals surface area contributed by atoms with Gasteiger partial charge in [0.1, 0.15) is 0 Å². The second kappa shape index (κ2) is 15.6. The van der Waals surface area contributed by atoms with Gasteiger partial charge in [0, 0.05) is 0 Å². The molecule has 0 aliphatic rings. The Morgan fingerprint density at radius 2 is 1.82 bits per heavy atom. The van der Waals surface area contributed by atoms with Crippen LogP contribution in [0.5, 0.6) is 5.75 Å². The molecule has 2 aromatic carbocycles. The average Bonchev–Trinajstić information content (AvgIpc) is 2.89. The van der Waals surface area contributed by atoms with Crippen LogP contribution in [0, 0.1) is 0 Å². The number of carbonyl (C=O) groups is 5. The van der Waals surface area contributed by atoms with Crippen LogP contribution >= 0.6 is 10.2 Å². The van der Waals surface area contributed by atoms with Crippen LogP contribution in [-0.2, 0) is 19.2 Å². The molecule has 0 spiro atoms. The van der Waals surface area contributed by atoms with Gasteiger partial charge in [-0.1, -0.05) is 0 Å². The van der Waals surface area contributed by atoms with E-state index >= 15 is 0 Å².